The second-order valence-corrected chi connectivity index (χ2v) is 11.7. The summed E-state index contributed by atoms with van der Waals surface area (Å²) in [4.78, 5) is 28.4. The number of ketones is 1. The summed E-state index contributed by atoms with van der Waals surface area (Å²) >= 11 is 2.72. The smallest absolute Gasteiger partial charge is 0.301 e. The molecule has 1 amide bonds. The molecule has 1 unspecified atom stereocenters. The van der Waals surface area contributed by atoms with Gasteiger partial charge in [0, 0.05) is 11.3 Å². The van der Waals surface area contributed by atoms with Gasteiger partial charge in [-0.25, -0.2) is 0 Å². The largest absolute Gasteiger partial charge is 0.507 e. The lowest BCUT2D eigenvalue weighted by molar-refractivity contribution is -0.132. The first-order chi connectivity index (χ1) is 20.5. The standard InChI is InChI=1S/C31H27N3O6S2/c1-2-14-38-22-11-8-20(9-12-22)26-25(27(35)21-10-13-23-24(17-21)40-16-15-39-23)28(36)29(37)34(26)30-32-33-31(42-30)41-18-19-6-4-3-5-7-19/h3-13,17,26,35H,2,14-16,18H2,1H3/b27-25+. The minimum Gasteiger partial charge on any atom is -0.507 e. The summed E-state index contributed by atoms with van der Waals surface area (Å²) in [6, 6.07) is 21.1. The molecule has 2 aliphatic heterocycles. The average molecular weight is 602 g/mol. The van der Waals surface area contributed by atoms with E-state index in [2.05, 4.69) is 10.2 Å². The Hall–Kier alpha value is -4.35. The molecule has 3 heterocycles. The van der Waals surface area contributed by atoms with Gasteiger partial charge in [-0.2, -0.15) is 0 Å². The molecule has 1 atom stereocenters. The van der Waals surface area contributed by atoms with E-state index < -0.39 is 17.7 Å². The minimum atomic E-state index is -0.932. The number of Topliss-reactive ketones (excluding diaryl/α,β-unsaturated/α-hetero) is 1. The van der Waals surface area contributed by atoms with Crippen LogP contribution in [0.15, 0.2) is 82.7 Å². The Morgan fingerprint density at radius 3 is 2.55 bits per heavy atom. The summed E-state index contributed by atoms with van der Waals surface area (Å²) < 4.78 is 17.7. The topological polar surface area (TPSA) is 111 Å². The summed E-state index contributed by atoms with van der Waals surface area (Å²) in [5, 5.41) is 20.4. The molecule has 1 fully saturated rings. The third-order valence-corrected chi connectivity index (χ3v) is 8.86. The van der Waals surface area contributed by atoms with E-state index in [1.165, 1.54) is 28.0 Å². The van der Waals surface area contributed by atoms with Crippen molar-refractivity contribution < 1.29 is 28.9 Å². The molecule has 6 rings (SSSR count). The minimum absolute atomic E-state index is 0.0485. The van der Waals surface area contributed by atoms with Gasteiger partial charge in [0.1, 0.15) is 24.7 Å². The Labute approximate surface area is 250 Å². The van der Waals surface area contributed by atoms with Gasteiger partial charge in [-0.1, -0.05) is 72.5 Å². The zero-order valence-electron chi connectivity index (χ0n) is 22.7. The molecule has 42 heavy (non-hydrogen) atoms. The second kappa shape index (κ2) is 12.3. The van der Waals surface area contributed by atoms with Gasteiger partial charge in [0.15, 0.2) is 15.8 Å². The highest BCUT2D eigenvalue weighted by atomic mass is 32.2. The molecule has 11 heteroatoms. The first kappa shape index (κ1) is 27.8. The Morgan fingerprint density at radius 2 is 1.79 bits per heavy atom. The molecule has 1 N–H and O–H groups in total. The zero-order chi connectivity index (χ0) is 29.1. The normalized spacial score (nSPS) is 17.5. The Morgan fingerprint density at radius 1 is 1.02 bits per heavy atom. The second-order valence-electron chi connectivity index (χ2n) is 9.57. The van der Waals surface area contributed by atoms with Gasteiger partial charge in [-0.15, -0.1) is 10.2 Å². The Bertz CT molecular complexity index is 1640. The van der Waals surface area contributed by atoms with Crippen LogP contribution < -0.4 is 19.1 Å². The van der Waals surface area contributed by atoms with Crippen LogP contribution in [0.2, 0.25) is 0 Å². The number of carbonyl (C=O) groups excluding carboxylic acids is 2. The maximum atomic E-state index is 13.6. The first-order valence-corrected chi connectivity index (χ1v) is 15.3. The zero-order valence-corrected chi connectivity index (χ0v) is 24.3. The summed E-state index contributed by atoms with van der Waals surface area (Å²) in [6.45, 7) is 3.38. The van der Waals surface area contributed by atoms with Crippen molar-refractivity contribution in [2.45, 2.75) is 29.5 Å². The van der Waals surface area contributed by atoms with Crippen LogP contribution in [-0.2, 0) is 15.3 Å². The number of rotatable bonds is 9. The molecule has 0 aliphatic carbocycles. The Kier molecular flexibility index (Phi) is 8.11. The van der Waals surface area contributed by atoms with Crippen molar-refractivity contribution in [2.24, 2.45) is 0 Å². The van der Waals surface area contributed by atoms with E-state index in [1.54, 1.807) is 42.5 Å². The molecule has 1 saturated heterocycles. The number of nitrogens with zero attached hydrogens (tertiary/aromatic N) is 3. The fourth-order valence-corrected chi connectivity index (χ4v) is 6.56. The van der Waals surface area contributed by atoms with E-state index in [0.717, 1.165) is 12.0 Å². The Balaban J connectivity index is 1.38. The van der Waals surface area contributed by atoms with E-state index in [0.29, 0.717) is 58.3 Å². The number of hydrogen-bond donors (Lipinski definition) is 1. The van der Waals surface area contributed by atoms with Crippen LogP contribution in [0.1, 0.15) is 36.1 Å². The van der Waals surface area contributed by atoms with Crippen LogP contribution in [0, 0.1) is 0 Å². The number of aromatic nitrogens is 2. The molecule has 1 aromatic heterocycles. The quantitative estimate of drug-likeness (QED) is 0.0810. The van der Waals surface area contributed by atoms with Gasteiger partial charge in [0.05, 0.1) is 18.2 Å². The maximum absolute atomic E-state index is 13.6. The van der Waals surface area contributed by atoms with E-state index in [-0.39, 0.29) is 16.5 Å². The fourth-order valence-electron chi connectivity index (χ4n) is 4.74. The van der Waals surface area contributed by atoms with Crippen molar-refractivity contribution in [2.75, 3.05) is 24.7 Å². The van der Waals surface area contributed by atoms with E-state index in [9.17, 15) is 14.7 Å². The van der Waals surface area contributed by atoms with Gasteiger partial charge in [0.25, 0.3) is 5.78 Å². The van der Waals surface area contributed by atoms with Crippen LogP contribution >= 0.6 is 23.1 Å². The number of fused-ring (bicyclic) bond motifs is 1. The van der Waals surface area contributed by atoms with Crippen molar-refractivity contribution in [1.82, 2.24) is 10.2 Å². The third-order valence-electron chi connectivity index (χ3n) is 6.74. The number of aliphatic hydroxyl groups is 1. The summed E-state index contributed by atoms with van der Waals surface area (Å²) in [5.74, 6) is 0.437. The number of aliphatic hydroxyl groups excluding tert-OH is 1. The van der Waals surface area contributed by atoms with E-state index in [4.69, 9.17) is 14.2 Å². The summed E-state index contributed by atoms with van der Waals surface area (Å²) in [5.41, 5.74) is 2.03. The molecule has 2 aliphatic rings. The van der Waals surface area contributed by atoms with Crippen LogP contribution in [0.4, 0.5) is 5.13 Å². The highest BCUT2D eigenvalue weighted by molar-refractivity contribution is 8.00. The molecule has 0 saturated carbocycles. The fraction of sp³-hybridized carbons (Fsp3) is 0.226. The van der Waals surface area contributed by atoms with Crippen molar-refractivity contribution in [3.63, 3.8) is 0 Å². The van der Waals surface area contributed by atoms with Gasteiger partial charge < -0.3 is 19.3 Å². The van der Waals surface area contributed by atoms with Crippen molar-refractivity contribution >= 4 is 45.7 Å². The lowest BCUT2D eigenvalue weighted by Crippen LogP contribution is -2.29. The number of thioether (sulfide) groups is 1. The SMILES string of the molecule is CCCOc1ccc(C2/C(=C(\O)c3ccc4c(c3)OCCO4)C(=O)C(=O)N2c2nnc(SCc3ccccc3)s2)cc1. The highest BCUT2D eigenvalue weighted by Crippen LogP contribution is 2.45. The maximum Gasteiger partial charge on any atom is 0.301 e. The monoisotopic (exact) mass is 601 g/mol. The van der Waals surface area contributed by atoms with Crippen molar-refractivity contribution in [1.29, 1.82) is 0 Å². The first-order valence-electron chi connectivity index (χ1n) is 13.5. The lowest BCUT2D eigenvalue weighted by Gasteiger charge is -2.23. The molecule has 0 radical (unpaired) electrons. The van der Waals surface area contributed by atoms with Crippen LogP contribution in [0.3, 0.4) is 0 Å². The van der Waals surface area contributed by atoms with Crippen molar-refractivity contribution in [3.8, 4) is 17.2 Å². The molecule has 9 nitrogen and oxygen atoms in total. The van der Waals surface area contributed by atoms with Gasteiger partial charge >= 0.3 is 5.91 Å². The van der Waals surface area contributed by atoms with Crippen molar-refractivity contribution in [3.05, 3.63) is 95.1 Å². The van der Waals surface area contributed by atoms with Gasteiger partial charge in [-0.05, 0) is 47.9 Å². The highest BCUT2D eigenvalue weighted by Gasteiger charge is 2.48. The molecule has 4 aromatic rings. The molecular formula is C31H27N3O6S2. The molecule has 0 bridgehead atoms. The van der Waals surface area contributed by atoms with Gasteiger partial charge in [0.2, 0.25) is 5.13 Å². The number of hydrogen-bond acceptors (Lipinski definition) is 10. The van der Waals surface area contributed by atoms with E-state index in [1.807, 2.05) is 37.3 Å². The van der Waals surface area contributed by atoms with Gasteiger partial charge in [-0.3, -0.25) is 14.5 Å². The third kappa shape index (κ3) is 5.57. The molecule has 0 spiro atoms. The molecule has 214 valence electrons. The number of benzene rings is 3. The number of anilines is 1. The predicted molar refractivity (Wildman–Crippen MR) is 160 cm³/mol. The van der Waals surface area contributed by atoms with E-state index >= 15 is 0 Å². The average Bonchev–Trinajstić information content (AvgIpc) is 3.60. The molecule has 3 aromatic carbocycles. The van der Waals surface area contributed by atoms with Crippen LogP contribution in [-0.4, -0.2) is 46.8 Å². The van der Waals surface area contributed by atoms with Crippen LogP contribution in [0.25, 0.3) is 5.76 Å². The number of ether oxygens (including phenoxy) is 3. The molecular weight excluding hydrogens is 574 g/mol. The lowest BCUT2D eigenvalue weighted by atomic mass is 9.95. The van der Waals surface area contributed by atoms with Crippen LogP contribution in [0.5, 0.6) is 17.2 Å². The predicted octanol–water partition coefficient (Wildman–Crippen LogP) is 6.02. The number of amides is 1. The summed E-state index contributed by atoms with van der Waals surface area (Å²) in [6.07, 6.45) is 0.860. The number of carbonyl (C=O) groups is 2. The summed E-state index contributed by atoms with van der Waals surface area (Å²) in [7, 11) is 0.